The number of aliphatic hydroxyl groups excluding tert-OH is 1. The molecule has 2 heterocycles. The Hall–Kier alpha value is -2.84. The minimum Gasteiger partial charge on any atom is -0.384 e. The first-order valence-electron chi connectivity index (χ1n) is 11.8. The molecule has 0 aromatic heterocycles. The van der Waals surface area contributed by atoms with Crippen molar-refractivity contribution in [3.63, 3.8) is 0 Å². The lowest BCUT2D eigenvalue weighted by Crippen LogP contribution is -2.48. The molecular weight excluding hydrogens is 440 g/mol. The molecule has 2 aromatic rings. The van der Waals surface area contributed by atoms with Crippen LogP contribution in [0, 0.1) is 11.6 Å². The van der Waals surface area contributed by atoms with E-state index in [4.69, 9.17) is 5.73 Å². The molecule has 0 aliphatic carbocycles. The van der Waals surface area contributed by atoms with Gasteiger partial charge in [0.2, 0.25) is 5.91 Å². The van der Waals surface area contributed by atoms with Crippen molar-refractivity contribution in [2.45, 2.75) is 63.3 Å². The highest BCUT2D eigenvalue weighted by atomic mass is 19.1. The average molecular weight is 472 g/mol. The largest absolute Gasteiger partial charge is 0.384 e. The van der Waals surface area contributed by atoms with E-state index in [-0.39, 0.29) is 18.7 Å². The van der Waals surface area contributed by atoms with Crippen LogP contribution in [0.3, 0.4) is 0 Å². The number of nitrogens with zero attached hydrogens (tertiary/aromatic N) is 2. The normalized spacial score (nSPS) is 23.0. The number of primary amides is 1. The zero-order valence-corrected chi connectivity index (χ0v) is 19.3. The van der Waals surface area contributed by atoms with Crippen molar-refractivity contribution >= 4 is 11.8 Å². The molecule has 182 valence electrons. The fraction of sp³-hybridized carbons (Fsp3) is 0.462. The number of carbonyl (C=O) groups excluding carboxylic acids is 2. The first kappa shape index (κ1) is 24.3. The van der Waals surface area contributed by atoms with Gasteiger partial charge >= 0.3 is 0 Å². The van der Waals surface area contributed by atoms with Crippen LogP contribution >= 0.6 is 0 Å². The van der Waals surface area contributed by atoms with E-state index in [1.807, 2.05) is 18.2 Å². The summed E-state index contributed by atoms with van der Waals surface area (Å²) in [5.74, 6) is -2.06. The Morgan fingerprint density at radius 1 is 1.12 bits per heavy atom. The predicted molar refractivity (Wildman–Crippen MR) is 124 cm³/mol. The van der Waals surface area contributed by atoms with Crippen molar-refractivity contribution in [1.29, 1.82) is 0 Å². The van der Waals surface area contributed by atoms with Crippen LogP contribution in [0.15, 0.2) is 42.5 Å². The molecule has 2 fully saturated rings. The van der Waals surface area contributed by atoms with Gasteiger partial charge in [-0.1, -0.05) is 18.2 Å². The number of amides is 2. The summed E-state index contributed by atoms with van der Waals surface area (Å²) in [6.45, 7) is 1.97. The van der Waals surface area contributed by atoms with Crippen LogP contribution in [0.5, 0.6) is 0 Å². The third kappa shape index (κ3) is 5.13. The molecule has 0 radical (unpaired) electrons. The van der Waals surface area contributed by atoms with Crippen LogP contribution in [-0.4, -0.2) is 58.0 Å². The smallest absolute Gasteiger partial charge is 0.251 e. The maximum Gasteiger partial charge on any atom is 0.251 e. The highest BCUT2D eigenvalue weighted by Crippen LogP contribution is 2.43. The van der Waals surface area contributed by atoms with Gasteiger partial charge in [0, 0.05) is 36.3 Å². The maximum atomic E-state index is 14.2. The molecule has 2 aliphatic heterocycles. The summed E-state index contributed by atoms with van der Waals surface area (Å²) in [4.78, 5) is 27.9. The van der Waals surface area contributed by atoms with Gasteiger partial charge in [0.05, 0.1) is 6.54 Å². The monoisotopic (exact) mass is 471 g/mol. The second-order valence-corrected chi connectivity index (χ2v) is 9.42. The summed E-state index contributed by atoms with van der Waals surface area (Å²) in [6, 6.07) is 11.8. The second kappa shape index (κ2) is 10.2. The summed E-state index contributed by atoms with van der Waals surface area (Å²) in [5, 5.41) is 9.86. The van der Waals surface area contributed by atoms with Gasteiger partial charge in [-0.05, 0) is 68.4 Å². The van der Waals surface area contributed by atoms with Crippen molar-refractivity contribution in [3.8, 4) is 0 Å². The van der Waals surface area contributed by atoms with E-state index in [0.717, 1.165) is 31.2 Å². The third-order valence-corrected chi connectivity index (χ3v) is 7.23. The SMILES string of the molecule is C[C@H](O)C(=O)N(CCN1[C@@H]2CC[C@H]1CC(c1cccc(C(N)=O)c1)C2)Cc1c(F)cccc1F. The number of hydrogen-bond acceptors (Lipinski definition) is 4. The predicted octanol–water partition coefficient (Wildman–Crippen LogP) is 3.18. The molecule has 1 unspecified atom stereocenters. The highest BCUT2D eigenvalue weighted by molar-refractivity contribution is 5.92. The molecule has 0 spiro atoms. The summed E-state index contributed by atoms with van der Waals surface area (Å²) >= 11 is 0. The van der Waals surface area contributed by atoms with Gasteiger partial charge in [-0.3, -0.25) is 14.5 Å². The van der Waals surface area contributed by atoms with Gasteiger partial charge in [0.1, 0.15) is 17.7 Å². The number of piperidine rings is 1. The van der Waals surface area contributed by atoms with Crippen LogP contribution in [0.1, 0.15) is 60.0 Å². The first-order valence-corrected chi connectivity index (χ1v) is 11.8. The van der Waals surface area contributed by atoms with E-state index in [1.165, 1.54) is 30.0 Å². The standard InChI is InChI=1S/C26H31F2N3O3/c1-16(32)26(34)30(15-22-23(27)6-3-7-24(22)28)10-11-31-20-8-9-21(31)14-19(13-20)17-4-2-5-18(12-17)25(29)33/h2-7,12,16,19-21,32H,8-11,13-15H2,1H3,(H2,29,33)/t16-,19?,20-,21+/m0/s1. The third-order valence-electron chi connectivity index (χ3n) is 7.23. The number of hydrogen-bond donors (Lipinski definition) is 2. The lowest BCUT2D eigenvalue weighted by atomic mass is 9.84. The zero-order valence-electron chi connectivity index (χ0n) is 19.3. The van der Waals surface area contributed by atoms with Crippen molar-refractivity contribution < 1.29 is 23.5 Å². The molecule has 0 saturated carbocycles. The van der Waals surface area contributed by atoms with Crippen LogP contribution in [-0.2, 0) is 11.3 Å². The number of benzene rings is 2. The minimum atomic E-state index is -1.25. The van der Waals surface area contributed by atoms with Crippen LogP contribution in [0.25, 0.3) is 0 Å². The number of aliphatic hydroxyl groups is 1. The van der Waals surface area contributed by atoms with Gasteiger partial charge < -0.3 is 15.7 Å². The molecule has 3 N–H and O–H groups in total. The van der Waals surface area contributed by atoms with E-state index in [2.05, 4.69) is 4.90 Å². The maximum absolute atomic E-state index is 14.2. The Labute approximate surface area is 198 Å². The number of rotatable bonds is 8. The number of nitrogens with two attached hydrogens (primary N) is 1. The Bertz CT molecular complexity index is 1030. The average Bonchev–Trinajstić information content (AvgIpc) is 3.04. The van der Waals surface area contributed by atoms with Crippen LogP contribution in [0.2, 0.25) is 0 Å². The molecular formula is C26H31F2N3O3. The van der Waals surface area contributed by atoms with Crippen LogP contribution in [0.4, 0.5) is 8.78 Å². The summed E-state index contributed by atoms with van der Waals surface area (Å²) < 4.78 is 28.4. The second-order valence-electron chi connectivity index (χ2n) is 9.42. The van der Waals surface area contributed by atoms with Crippen molar-refractivity contribution in [3.05, 3.63) is 70.8 Å². The van der Waals surface area contributed by atoms with Gasteiger partial charge in [0.25, 0.3) is 5.91 Å². The van der Waals surface area contributed by atoms with E-state index in [9.17, 15) is 23.5 Å². The number of carbonyl (C=O) groups is 2. The van der Waals surface area contributed by atoms with Gasteiger partial charge in [-0.15, -0.1) is 0 Å². The quantitative estimate of drug-likeness (QED) is 0.619. The molecule has 2 bridgehead atoms. The summed E-state index contributed by atoms with van der Waals surface area (Å²) in [5.41, 5.74) is 6.90. The van der Waals surface area contributed by atoms with E-state index in [0.29, 0.717) is 30.1 Å². The molecule has 2 amide bonds. The van der Waals surface area contributed by atoms with E-state index in [1.54, 1.807) is 6.07 Å². The molecule has 2 aromatic carbocycles. The lowest BCUT2D eigenvalue weighted by molar-refractivity contribution is -0.140. The van der Waals surface area contributed by atoms with Crippen molar-refractivity contribution in [1.82, 2.24) is 9.80 Å². The number of fused-ring (bicyclic) bond motifs is 2. The number of halogens is 2. The summed E-state index contributed by atoms with van der Waals surface area (Å²) in [7, 11) is 0. The molecule has 2 aliphatic rings. The van der Waals surface area contributed by atoms with Gasteiger partial charge in [-0.2, -0.15) is 0 Å². The molecule has 34 heavy (non-hydrogen) atoms. The molecule has 8 heteroatoms. The Morgan fingerprint density at radius 3 is 2.32 bits per heavy atom. The Kier molecular flexibility index (Phi) is 7.28. The Balaban J connectivity index is 1.44. The first-order chi connectivity index (χ1) is 16.2. The fourth-order valence-corrected chi connectivity index (χ4v) is 5.50. The van der Waals surface area contributed by atoms with Crippen molar-refractivity contribution in [2.24, 2.45) is 5.73 Å². The fourth-order valence-electron chi connectivity index (χ4n) is 5.50. The lowest BCUT2D eigenvalue weighted by Gasteiger charge is -2.40. The van der Waals surface area contributed by atoms with Crippen molar-refractivity contribution in [2.75, 3.05) is 13.1 Å². The summed E-state index contributed by atoms with van der Waals surface area (Å²) in [6.07, 6.45) is 2.71. The highest BCUT2D eigenvalue weighted by Gasteiger charge is 2.41. The van der Waals surface area contributed by atoms with Gasteiger partial charge in [-0.25, -0.2) is 8.78 Å². The van der Waals surface area contributed by atoms with E-state index >= 15 is 0 Å². The minimum absolute atomic E-state index is 0.174. The molecule has 4 rings (SSSR count). The molecule has 6 nitrogen and oxygen atoms in total. The zero-order chi connectivity index (χ0) is 24.4. The topological polar surface area (TPSA) is 86.9 Å². The molecule has 4 atom stereocenters. The van der Waals surface area contributed by atoms with Gasteiger partial charge in [0.15, 0.2) is 0 Å². The van der Waals surface area contributed by atoms with Crippen LogP contribution < -0.4 is 5.73 Å². The molecule has 2 saturated heterocycles. The van der Waals surface area contributed by atoms with E-state index < -0.39 is 29.6 Å². The Morgan fingerprint density at radius 2 is 1.74 bits per heavy atom.